The van der Waals surface area contributed by atoms with Gasteiger partial charge in [0.25, 0.3) is 0 Å². The van der Waals surface area contributed by atoms with Crippen molar-refractivity contribution in [2.75, 3.05) is 14.1 Å². The van der Waals surface area contributed by atoms with Gasteiger partial charge in [-0.05, 0) is 12.5 Å². The summed E-state index contributed by atoms with van der Waals surface area (Å²) in [6, 6.07) is 20.5. The summed E-state index contributed by atoms with van der Waals surface area (Å²) >= 11 is 0. The minimum absolute atomic E-state index is 0.0569. The van der Waals surface area contributed by atoms with E-state index < -0.39 is 0 Å². The highest BCUT2D eigenvalue weighted by Gasteiger charge is 2.24. The summed E-state index contributed by atoms with van der Waals surface area (Å²) in [5.74, 6) is 0. The second-order valence-corrected chi connectivity index (χ2v) is 4.84. The van der Waals surface area contributed by atoms with Crippen LogP contribution in [-0.4, -0.2) is 14.1 Å². The van der Waals surface area contributed by atoms with E-state index in [0.29, 0.717) is 4.65 Å². The molecule has 0 aliphatic heterocycles. The topological polar surface area (TPSA) is 9.23 Å². The molecule has 0 heterocycles. The van der Waals surface area contributed by atoms with Crippen LogP contribution in [-0.2, 0) is 4.84 Å². The number of hydroxylamine groups is 2. The van der Waals surface area contributed by atoms with E-state index in [1.165, 1.54) is 5.56 Å². The van der Waals surface area contributed by atoms with Crippen molar-refractivity contribution < 1.29 is 4.84 Å². The molecule has 2 heteroatoms. The lowest BCUT2D eigenvalue weighted by molar-refractivity contribution is -0.151. The van der Waals surface area contributed by atoms with Crippen molar-refractivity contribution >= 4 is 5.69 Å². The van der Waals surface area contributed by atoms with Crippen LogP contribution in [0.2, 0.25) is 0 Å². The number of hydrogen-bond acceptors (Lipinski definition) is 1. The standard InChI is InChI=1S/C16H20NO/c1-14(15-10-6-4-7-11-15)18-17(2,3)16-12-8-5-9-13-16/h4-14H,1-3H3/q+1. The Labute approximate surface area is 109 Å². The van der Waals surface area contributed by atoms with Gasteiger partial charge in [-0.25, -0.2) is 0 Å². The normalized spacial score (nSPS) is 13.3. The van der Waals surface area contributed by atoms with Gasteiger partial charge in [0.05, 0.1) is 0 Å². The zero-order valence-electron chi connectivity index (χ0n) is 11.2. The van der Waals surface area contributed by atoms with Gasteiger partial charge in [0, 0.05) is 12.1 Å². The number of hydrogen-bond donors (Lipinski definition) is 0. The highest BCUT2D eigenvalue weighted by molar-refractivity contribution is 5.39. The number of benzene rings is 2. The Morgan fingerprint density at radius 2 is 1.33 bits per heavy atom. The van der Waals surface area contributed by atoms with Crippen molar-refractivity contribution in [3.8, 4) is 0 Å². The number of para-hydroxylation sites is 1. The van der Waals surface area contributed by atoms with Crippen molar-refractivity contribution in [1.29, 1.82) is 0 Å². The molecule has 0 aromatic heterocycles. The molecular weight excluding hydrogens is 222 g/mol. The lowest BCUT2D eigenvalue weighted by Gasteiger charge is -2.29. The smallest absolute Gasteiger partial charge is 0.164 e. The van der Waals surface area contributed by atoms with E-state index in [-0.39, 0.29) is 6.10 Å². The van der Waals surface area contributed by atoms with Crippen molar-refractivity contribution in [2.24, 2.45) is 0 Å². The summed E-state index contributed by atoms with van der Waals surface area (Å²) in [4.78, 5) is 6.15. The maximum Gasteiger partial charge on any atom is 0.164 e. The molecular formula is C16H20NO+. The average Bonchev–Trinajstić information content (AvgIpc) is 2.40. The Morgan fingerprint density at radius 3 is 1.89 bits per heavy atom. The third-order valence-electron chi connectivity index (χ3n) is 3.07. The molecule has 0 saturated heterocycles. The van der Waals surface area contributed by atoms with Crippen LogP contribution in [0.1, 0.15) is 18.6 Å². The second-order valence-electron chi connectivity index (χ2n) is 4.84. The molecule has 2 aromatic carbocycles. The number of nitrogens with zero attached hydrogens (tertiary/aromatic N) is 1. The molecule has 0 amide bonds. The Bertz CT molecular complexity index is 479. The molecule has 1 atom stereocenters. The van der Waals surface area contributed by atoms with E-state index in [0.717, 1.165) is 5.69 Å². The molecule has 2 aromatic rings. The zero-order chi connectivity index (χ0) is 13.0. The quantitative estimate of drug-likeness (QED) is 0.582. The molecule has 0 spiro atoms. The van der Waals surface area contributed by atoms with E-state index in [2.05, 4.69) is 45.3 Å². The Morgan fingerprint density at radius 1 is 0.833 bits per heavy atom. The van der Waals surface area contributed by atoms with Gasteiger partial charge in [-0.15, -0.1) is 0 Å². The van der Waals surface area contributed by atoms with Gasteiger partial charge >= 0.3 is 0 Å². The Kier molecular flexibility index (Phi) is 3.80. The molecule has 94 valence electrons. The predicted octanol–water partition coefficient (Wildman–Crippen LogP) is 3.95. The minimum atomic E-state index is 0.0569. The maximum absolute atomic E-state index is 6.15. The van der Waals surface area contributed by atoms with Crippen LogP contribution in [0.5, 0.6) is 0 Å². The van der Waals surface area contributed by atoms with Crippen LogP contribution in [0.3, 0.4) is 0 Å². The van der Waals surface area contributed by atoms with Crippen LogP contribution >= 0.6 is 0 Å². The highest BCUT2D eigenvalue weighted by atomic mass is 16.7. The summed E-state index contributed by atoms with van der Waals surface area (Å²) in [7, 11) is 4.10. The molecule has 0 bridgehead atoms. The van der Waals surface area contributed by atoms with Crippen LogP contribution in [0, 0.1) is 0 Å². The molecule has 2 rings (SSSR count). The van der Waals surface area contributed by atoms with Crippen molar-refractivity contribution in [1.82, 2.24) is 4.65 Å². The average molecular weight is 242 g/mol. The van der Waals surface area contributed by atoms with Gasteiger partial charge in [0.15, 0.2) is 5.69 Å². The Balaban J connectivity index is 2.14. The van der Waals surface area contributed by atoms with E-state index in [1.807, 2.05) is 36.4 Å². The summed E-state index contributed by atoms with van der Waals surface area (Å²) in [5.41, 5.74) is 2.33. The molecule has 2 nitrogen and oxygen atoms in total. The number of quaternary nitrogens is 1. The lowest BCUT2D eigenvalue weighted by Crippen LogP contribution is -2.41. The summed E-state index contributed by atoms with van der Waals surface area (Å²) in [6.45, 7) is 2.08. The SMILES string of the molecule is CC(O[N+](C)(C)c1ccccc1)c1ccccc1. The first-order valence-corrected chi connectivity index (χ1v) is 6.22. The van der Waals surface area contributed by atoms with Crippen LogP contribution in [0.25, 0.3) is 0 Å². The van der Waals surface area contributed by atoms with Gasteiger partial charge in [-0.2, -0.15) is 9.48 Å². The second kappa shape index (κ2) is 5.34. The third-order valence-corrected chi connectivity index (χ3v) is 3.07. The van der Waals surface area contributed by atoms with E-state index in [4.69, 9.17) is 4.84 Å². The lowest BCUT2D eigenvalue weighted by atomic mass is 10.1. The molecule has 18 heavy (non-hydrogen) atoms. The van der Waals surface area contributed by atoms with E-state index in [9.17, 15) is 0 Å². The van der Waals surface area contributed by atoms with Crippen molar-refractivity contribution in [2.45, 2.75) is 13.0 Å². The van der Waals surface area contributed by atoms with Crippen LogP contribution in [0.4, 0.5) is 5.69 Å². The molecule has 0 aliphatic rings. The first kappa shape index (κ1) is 12.8. The van der Waals surface area contributed by atoms with Crippen LogP contribution < -0.4 is 4.65 Å². The van der Waals surface area contributed by atoms with Gasteiger partial charge < -0.3 is 0 Å². The molecule has 0 fully saturated rings. The first-order valence-electron chi connectivity index (χ1n) is 6.22. The number of rotatable bonds is 4. The fourth-order valence-electron chi connectivity index (χ4n) is 2.03. The monoisotopic (exact) mass is 242 g/mol. The van der Waals surface area contributed by atoms with Gasteiger partial charge in [0.2, 0.25) is 0 Å². The molecule has 0 N–H and O–H groups in total. The molecule has 0 aliphatic carbocycles. The van der Waals surface area contributed by atoms with Crippen molar-refractivity contribution in [3.05, 3.63) is 66.2 Å². The van der Waals surface area contributed by atoms with Gasteiger partial charge in [-0.1, -0.05) is 48.5 Å². The summed E-state index contributed by atoms with van der Waals surface area (Å²) in [6.07, 6.45) is 0.0569. The Hall–Kier alpha value is -1.64. The third kappa shape index (κ3) is 2.97. The largest absolute Gasteiger partial charge is 0.190 e. The summed E-state index contributed by atoms with van der Waals surface area (Å²) in [5, 5.41) is 0. The fraction of sp³-hybridized carbons (Fsp3) is 0.250. The first-order chi connectivity index (χ1) is 8.59. The van der Waals surface area contributed by atoms with Gasteiger partial charge in [0.1, 0.15) is 20.2 Å². The van der Waals surface area contributed by atoms with Gasteiger partial charge in [-0.3, -0.25) is 0 Å². The van der Waals surface area contributed by atoms with E-state index in [1.54, 1.807) is 0 Å². The van der Waals surface area contributed by atoms with Crippen molar-refractivity contribution in [3.63, 3.8) is 0 Å². The highest BCUT2D eigenvalue weighted by Crippen LogP contribution is 2.25. The molecule has 0 radical (unpaired) electrons. The minimum Gasteiger partial charge on any atom is -0.190 e. The molecule has 1 unspecified atom stereocenters. The maximum atomic E-state index is 6.15. The zero-order valence-corrected chi connectivity index (χ0v) is 11.2. The predicted molar refractivity (Wildman–Crippen MR) is 76.0 cm³/mol. The fourth-order valence-corrected chi connectivity index (χ4v) is 2.03. The van der Waals surface area contributed by atoms with E-state index >= 15 is 0 Å². The summed E-state index contributed by atoms with van der Waals surface area (Å²) < 4.78 is 0.414. The molecule has 0 saturated carbocycles. The van der Waals surface area contributed by atoms with Crippen LogP contribution in [0.15, 0.2) is 60.7 Å².